The highest BCUT2D eigenvalue weighted by Gasteiger charge is 2.21. The average molecular weight is 746 g/mol. The second-order valence-electron chi connectivity index (χ2n) is 14.3. The van der Waals surface area contributed by atoms with Gasteiger partial charge in [-0.2, -0.15) is 0 Å². The van der Waals surface area contributed by atoms with E-state index >= 15 is 0 Å². The number of quaternary nitrogens is 1. The molecule has 0 aromatic heterocycles. The molecule has 0 saturated heterocycles. The minimum atomic E-state index is -4.58. The summed E-state index contributed by atoms with van der Waals surface area (Å²) in [5.74, 6) is -0.847. The minimum Gasteiger partial charge on any atom is -0.756 e. The molecule has 2 atom stereocenters. The van der Waals surface area contributed by atoms with E-state index in [9.17, 15) is 19.0 Å². The monoisotopic (exact) mass is 746 g/mol. The number of phosphoric ester groups is 1. The number of carbonyl (C=O) groups is 2. The molecular formula is C41H80NO8P. The molecule has 0 heterocycles. The van der Waals surface area contributed by atoms with E-state index in [0.717, 1.165) is 51.4 Å². The summed E-state index contributed by atoms with van der Waals surface area (Å²) in [7, 11) is -4.58. The zero-order chi connectivity index (χ0) is 37.5. The molecule has 0 amide bonds. The van der Waals surface area contributed by atoms with E-state index in [-0.39, 0.29) is 38.6 Å². The van der Waals surface area contributed by atoms with Crippen molar-refractivity contribution in [3.63, 3.8) is 0 Å². The molecule has 0 aliphatic rings. The molecule has 302 valence electrons. The minimum absolute atomic E-state index is 0.102. The van der Waals surface area contributed by atoms with Crippen LogP contribution in [-0.2, 0) is 32.7 Å². The zero-order valence-electron chi connectivity index (χ0n) is 33.2. The van der Waals surface area contributed by atoms with Gasteiger partial charge in [0.05, 0.1) is 13.2 Å². The molecule has 3 N–H and O–H groups in total. The summed E-state index contributed by atoms with van der Waals surface area (Å²) in [4.78, 5) is 36.9. The lowest BCUT2D eigenvalue weighted by molar-refractivity contribution is -0.373. The summed E-state index contributed by atoms with van der Waals surface area (Å²) in [5.41, 5.74) is 3.55. The number of ether oxygens (including phenoxy) is 2. The molecule has 0 aromatic rings. The Morgan fingerprint density at radius 2 is 0.961 bits per heavy atom. The highest BCUT2D eigenvalue weighted by molar-refractivity contribution is 7.45. The topological polar surface area (TPSA) is 139 Å². The molecule has 0 fully saturated rings. The number of rotatable bonds is 40. The van der Waals surface area contributed by atoms with Crippen LogP contribution in [0.2, 0.25) is 0 Å². The Morgan fingerprint density at radius 3 is 1.39 bits per heavy atom. The van der Waals surface area contributed by atoms with E-state index < -0.39 is 26.5 Å². The number of allylic oxidation sites excluding steroid dienone is 2. The molecule has 0 rings (SSSR count). The third-order valence-corrected chi connectivity index (χ3v) is 10.1. The maximum Gasteiger partial charge on any atom is 0.306 e. The van der Waals surface area contributed by atoms with Gasteiger partial charge in [-0.15, -0.1) is 0 Å². The van der Waals surface area contributed by atoms with Crippen molar-refractivity contribution < 1.29 is 43.3 Å². The fourth-order valence-electron chi connectivity index (χ4n) is 5.99. The first-order chi connectivity index (χ1) is 24.8. The molecule has 0 saturated carbocycles. The van der Waals surface area contributed by atoms with Gasteiger partial charge in [0.2, 0.25) is 0 Å². The van der Waals surface area contributed by atoms with Crippen LogP contribution in [-0.4, -0.2) is 44.4 Å². The van der Waals surface area contributed by atoms with Gasteiger partial charge in [0, 0.05) is 12.8 Å². The van der Waals surface area contributed by atoms with Crippen LogP contribution >= 0.6 is 7.82 Å². The summed E-state index contributed by atoms with van der Waals surface area (Å²) in [6.45, 7) is 3.94. The van der Waals surface area contributed by atoms with Crippen molar-refractivity contribution in [1.29, 1.82) is 0 Å². The van der Waals surface area contributed by atoms with Crippen LogP contribution in [0, 0.1) is 0 Å². The first kappa shape index (κ1) is 49.8. The van der Waals surface area contributed by atoms with Gasteiger partial charge in [0.15, 0.2) is 6.10 Å². The highest BCUT2D eigenvalue weighted by atomic mass is 31.2. The molecule has 10 heteroatoms. The van der Waals surface area contributed by atoms with E-state index in [1.165, 1.54) is 122 Å². The molecule has 1 unspecified atom stereocenters. The van der Waals surface area contributed by atoms with Gasteiger partial charge < -0.3 is 29.1 Å². The third-order valence-electron chi connectivity index (χ3n) is 9.17. The first-order valence-corrected chi connectivity index (χ1v) is 22.7. The van der Waals surface area contributed by atoms with Gasteiger partial charge in [-0.25, -0.2) is 0 Å². The van der Waals surface area contributed by atoms with E-state index in [4.69, 9.17) is 18.5 Å². The maximum atomic E-state index is 12.5. The van der Waals surface area contributed by atoms with Crippen LogP contribution in [0.4, 0.5) is 0 Å². The Morgan fingerprint density at radius 1 is 0.569 bits per heavy atom. The van der Waals surface area contributed by atoms with Crippen LogP contribution < -0.4 is 10.6 Å². The lowest BCUT2D eigenvalue weighted by atomic mass is 10.0. The fraction of sp³-hybridized carbons (Fsp3) is 0.902. The molecule has 0 bridgehead atoms. The molecule has 0 radical (unpaired) electrons. The van der Waals surface area contributed by atoms with E-state index in [1.54, 1.807) is 0 Å². The molecule has 51 heavy (non-hydrogen) atoms. The van der Waals surface area contributed by atoms with Crippen LogP contribution in [0.15, 0.2) is 12.2 Å². The first-order valence-electron chi connectivity index (χ1n) is 21.2. The van der Waals surface area contributed by atoms with E-state index in [1.807, 2.05) is 0 Å². The summed E-state index contributed by atoms with van der Waals surface area (Å²) >= 11 is 0. The summed E-state index contributed by atoms with van der Waals surface area (Å²) in [6, 6.07) is 0. The van der Waals surface area contributed by atoms with Gasteiger partial charge >= 0.3 is 11.9 Å². The van der Waals surface area contributed by atoms with E-state index in [0.29, 0.717) is 6.42 Å². The lowest BCUT2D eigenvalue weighted by Gasteiger charge is -2.25. The van der Waals surface area contributed by atoms with Crippen molar-refractivity contribution in [3.8, 4) is 0 Å². The van der Waals surface area contributed by atoms with Crippen molar-refractivity contribution in [2.75, 3.05) is 26.4 Å². The number of hydrogen-bond acceptors (Lipinski definition) is 8. The molecule has 0 aliphatic carbocycles. The number of phosphoric acid groups is 1. The summed E-state index contributed by atoms with van der Waals surface area (Å²) in [5, 5.41) is 0. The molecule has 0 aromatic carbocycles. The Labute approximate surface area is 313 Å². The SMILES string of the molecule is CCCCCCCCC=CCCCCCCCC(=O)O[C@H](COC(=O)CCCCCCCCCCCCCCCCC)COP(=O)([O-])OCC[NH3+]. The number of unbranched alkanes of at least 4 members (excludes halogenated alkanes) is 25. The third kappa shape index (κ3) is 38.3. The highest BCUT2D eigenvalue weighted by Crippen LogP contribution is 2.38. The quantitative estimate of drug-likeness (QED) is 0.0283. The second-order valence-corrected chi connectivity index (χ2v) is 15.7. The van der Waals surface area contributed by atoms with Crippen LogP contribution in [0.25, 0.3) is 0 Å². The van der Waals surface area contributed by atoms with Crippen molar-refractivity contribution >= 4 is 19.8 Å². The van der Waals surface area contributed by atoms with Gasteiger partial charge in [-0.05, 0) is 38.5 Å². The van der Waals surface area contributed by atoms with E-state index in [2.05, 4.69) is 31.7 Å². The Bertz CT molecular complexity index is 856. The molecule has 0 spiro atoms. The van der Waals surface area contributed by atoms with Gasteiger partial charge in [-0.3, -0.25) is 14.2 Å². The van der Waals surface area contributed by atoms with Crippen molar-refractivity contribution in [2.24, 2.45) is 0 Å². The Kier molecular flexibility index (Phi) is 37.5. The van der Waals surface area contributed by atoms with Crippen molar-refractivity contribution in [2.45, 2.75) is 213 Å². The van der Waals surface area contributed by atoms with Gasteiger partial charge in [0.25, 0.3) is 7.82 Å². The predicted octanol–water partition coefficient (Wildman–Crippen LogP) is 10.5. The summed E-state index contributed by atoms with van der Waals surface area (Å²) in [6.07, 6.45) is 38.0. The van der Waals surface area contributed by atoms with Crippen LogP contribution in [0.1, 0.15) is 206 Å². The van der Waals surface area contributed by atoms with Gasteiger partial charge in [0.1, 0.15) is 13.2 Å². The Balaban J connectivity index is 4.15. The fourth-order valence-corrected chi connectivity index (χ4v) is 6.76. The number of hydrogen-bond donors (Lipinski definition) is 1. The average Bonchev–Trinajstić information content (AvgIpc) is 3.11. The second kappa shape index (κ2) is 38.5. The van der Waals surface area contributed by atoms with Crippen LogP contribution in [0.3, 0.4) is 0 Å². The molecule has 9 nitrogen and oxygen atoms in total. The van der Waals surface area contributed by atoms with Crippen molar-refractivity contribution in [1.82, 2.24) is 0 Å². The Hall–Kier alpha value is -1.25. The normalized spacial score (nSPS) is 13.4. The largest absolute Gasteiger partial charge is 0.756 e. The number of carbonyl (C=O) groups excluding carboxylic acids is 2. The standard InChI is InChI=1S/C41H80NO8P/c1-3-5-7-9-11-13-15-17-19-21-23-25-27-29-31-33-40(43)47-37-39(38-49-51(45,46)48-36-35-42)50-41(44)34-32-30-28-26-24-22-20-18-16-14-12-10-8-6-4-2/h18,20,39H,3-17,19,21-38,42H2,1-2H3,(H,45,46)/t39-/m1/s1. The van der Waals surface area contributed by atoms with Crippen molar-refractivity contribution in [3.05, 3.63) is 12.2 Å². The maximum absolute atomic E-state index is 12.5. The smallest absolute Gasteiger partial charge is 0.306 e. The lowest BCUT2D eigenvalue weighted by Crippen LogP contribution is -2.52. The molecular weight excluding hydrogens is 665 g/mol. The molecule has 0 aliphatic heterocycles. The predicted molar refractivity (Wildman–Crippen MR) is 207 cm³/mol. The van der Waals surface area contributed by atoms with Crippen LogP contribution in [0.5, 0.6) is 0 Å². The summed E-state index contributed by atoms with van der Waals surface area (Å²) < 4.78 is 32.5. The number of esters is 2. The zero-order valence-corrected chi connectivity index (χ0v) is 34.1. The van der Waals surface area contributed by atoms with Gasteiger partial charge in [-0.1, -0.05) is 167 Å².